The number of fused-ring (bicyclic) bond motifs is 5. The van der Waals surface area contributed by atoms with Crippen molar-refractivity contribution in [3.8, 4) is 11.5 Å². The molecule has 0 radical (unpaired) electrons. The average Bonchev–Trinajstić information content (AvgIpc) is 3.50. The van der Waals surface area contributed by atoms with Crippen molar-refractivity contribution in [1.29, 1.82) is 0 Å². The molecule has 14 nitrogen and oxygen atoms in total. The van der Waals surface area contributed by atoms with Gasteiger partial charge in [0.2, 0.25) is 11.4 Å². The highest BCUT2D eigenvalue weighted by atomic mass is 32.2. The van der Waals surface area contributed by atoms with Gasteiger partial charge in [0.1, 0.15) is 17.7 Å². The van der Waals surface area contributed by atoms with Crippen LogP contribution in [0.15, 0.2) is 82.8 Å². The summed E-state index contributed by atoms with van der Waals surface area (Å²) in [6.45, 7) is 1.63. The van der Waals surface area contributed by atoms with Gasteiger partial charge in [0.25, 0.3) is 21.8 Å². The molecule has 3 aliphatic heterocycles. The third kappa shape index (κ3) is 4.31. The molecule has 0 aliphatic carbocycles. The van der Waals surface area contributed by atoms with Gasteiger partial charge in [-0.05, 0) is 72.5 Å². The first-order valence-corrected chi connectivity index (χ1v) is 15.9. The lowest BCUT2D eigenvalue weighted by Crippen LogP contribution is -2.75. The van der Waals surface area contributed by atoms with Crippen LogP contribution in [-0.4, -0.2) is 85.2 Å². The van der Waals surface area contributed by atoms with Crippen molar-refractivity contribution >= 4 is 27.5 Å². The highest BCUT2D eigenvalue weighted by Gasteiger charge is 2.76. The molecule has 1 unspecified atom stereocenters. The van der Waals surface area contributed by atoms with Gasteiger partial charge in [-0.15, -0.1) is 0 Å². The first-order valence-electron chi connectivity index (χ1n) is 14.4. The number of carbonyl (C=O) groups excluding carboxylic acids is 2. The summed E-state index contributed by atoms with van der Waals surface area (Å²) < 4.78 is 41.4. The van der Waals surface area contributed by atoms with Crippen LogP contribution in [0, 0.1) is 0 Å². The Morgan fingerprint density at radius 1 is 1.00 bits per heavy atom. The smallest absolute Gasteiger partial charge is 0.280 e. The Labute approximate surface area is 265 Å². The van der Waals surface area contributed by atoms with Crippen LogP contribution in [0.25, 0.3) is 10.4 Å². The number of carbonyl (C=O) groups is 2. The molecule has 2 amide bonds. The molecule has 6 rings (SSSR count). The maximum atomic E-state index is 14.7. The second kappa shape index (κ2) is 10.9. The average molecular weight is 649 g/mol. The molecule has 240 valence electrons. The molecule has 0 spiro atoms. The van der Waals surface area contributed by atoms with E-state index >= 15 is 0 Å². The fourth-order valence-corrected chi connectivity index (χ4v) is 8.41. The van der Waals surface area contributed by atoms with Crippen molar-refractivity contribution in [3.05, 3.63) is 94.4 Å². The maximum absolute atomic E-state index is 14.7. The van der Waals surface area contributed by atoms with Crippen LogP contribution >= 0.6 is 0 Å². The Kier molecular flexibility index (Phi) is 7.40. The monoisotopic (exact) mass is 648 g/mol. The number of hydrogen-bond donors (Lipinski definition) is 2. The van der Waals surface area contributed by atoms with E-state index in [9.17, 15) is 28.2 Å². The van der Waals surface area contributed by atoms with Crippen LogP contribution in [0.5, 0.6) is 11.5 Å². The van der Waals surface area contributed by atoms with Crippen LogP contribution in [0.2, 0.25) is 0 Å². The molecule has 0 bridgehead atoms. The van der Waals surface area contributed by atoms with Crippen LogP contribution in [0.4, 0.5) is 5.69 Å². The number of benzene rings is 3. The van der Waals surface area contributed by atoms with Gasteiger partial charge in [-0.2, -0.15) is 0 Å². The number of methoxy groups -OCH3 is 1. The van der Waals surface area contributed by atoms with Crippen molar-refractivity contribution in [2.45, 2.75) is 47.7 Å². The topological polar surface area (TPSA) is 186 Å². The number of hydrogen-bond acceptors (Lipinski definition) is 9. The fourth-order valence-electron chi connectivity index (χ4n) is 6.75. The lowest BCUT2D eigenvalue weighted by molar-refractivity contribution is -0.224. The Hall–Kier alpha value is -4.82. The summed E-state index contributed by atoms with van der Waals surface area (Å²) in [5.41, 5.74) is 3.37. The quantitative estimate of drug-likeness (QED) is 0.153. The van der Waals surface area contributed by atoms with Gasteiger partial charge in [-0.25, -0.2) is 12.7 Å². The zero-order valence-corrected chi connectivity index (χ0v) is 26.1. The molecule has 3 aromatic carbocycles. The molecule has 3 aliphatic rings. The zero-order valence-electron chi connectivity index (χ0n) is 25.3. The van der Waals surface area contributed by atoms with Crippen molar-refractivity contribution in [2.24, 2.45) is 5.11 Å². The predicted octanol–water partition coefficient (Wildman–Crippen LogP) is 2.70. The molecule has 2 fully saturated rings. The van der Waals surface area contributed by atoms with Crippen LogP contribution < -0.4 is 13.8 Å². The van der Waals surface area contributed by atoms with Crippen molar-refractivity contribution < 1.29 is 37.7 Å². The van der Waals surface area contributed by atoms with Gasteiger partial charge in [0.15, 0.2) is 0 Å². The number of anilines is 1. The number of ether oxygens (including phenoxy) is 2. The van der Waals surface area contributed by atoms with Crippen molar-refractivity contribution in [2.75, 3.05) is 31.6 Å². The molecule has 0 saturated carbocycles. The molecule has 3 heterocycles. The Morgan fingerprint density at radius 2 is 1.65 bits per heavy atom. The summed E-state index contributed by atoms with van der Waals surface area (Å²) in [6.07, 6.45) is -1.40. The second-order valence-electron chi connectivity index (χ2n) is 11.6. The minimum absolute atomic E-state index is 0.135. The lowest BCUT2D eigenvalue weighted by atomic mass is 9.72. The van der Waals surface area contributed by atoms with E-state index in [2.05, 4.69) is 10.0 Å². The first-order chi connectivity index (χ1) is 21.9. The number of rotatable bonds is 9. The van der Waals surface area contributed by atoms with Gasteiger partial charge >= 0.3 is 0 Å². The van der Waals surface area contributed by atoms with E-state index < -0.39 is 44.9 Å². The molecular formula is C31H32N6O8S. The molecule has 3 aromatic rings. The first kappa shape index (κ1) is 31.2. The van der Waals surface area contributed by atoms with Gasteiger partial charge in [-0.1, -0.05) is 35.4 Å². The largest absolute Gasteiger partial charge is 0.497 e. The molecule has 2 N–H and O–H groups in total. The number of amides is 2. The fraction of sp³-hybridized carbons (Fsp3) is 0.355. The van der Waals surface area contributed by atoms with Crippen LogP contribution in [0.1, 0.15) is 30.9 Å². The van der Waals surface area contributed by atoms with Gasteiger partial charge in [-0.3, -0.25) is 14.5 Å². The highest BCUT2D eigenvalue weighted by molar-refractivity contribution is 7.93. The third-order valence-electron chi connectivity index (χ3n) is 9.10. The molecule has 4 atom stereocenters. The normalized spacial score (nSPS) is 26.7. The van der Waals surface area contributed by atoms with Crippen LogP contribution in [0.3, 0.4) is 0 Å². The number of nitrogens with zero attached hydrogens (tertiary/aromatic N) is 6. The Bertz CT molecular complexity index is 1860. The maximum Gasteiger partial charge on any atom is 0.280 e. The van der Waals surface area contributed by atoms with Gasteiger partial charge in [0.05, 0.1) is 29.7 Å². The second-order valence-corrected chi connectivity index (χ2v) is 13.4. The van der Waals surface area contributed by atoms with E-state index in [-0.39, 0.29) is 30.2 Å². The number of para-hydroxylation sites is 1. The zero-order chi connectivity index (χ0) is 33.1. The van der Waals surface area contributed by atoms with E-state index in [0.717, 1.165) is 21.0 Å². The summed E-state index contributed by atoms with van der Waals surface area (Å²) >= 11 is 0. The number of aliphatic hydroxyl groups is 2. The third-order valence-corrected chi connectivity index (χ3v) is 10.9. The summed E-state index contributed by atoms with van der Waals surface area (Å²) in [6, 6.07) is 19.2. The summed E-state index contributed by atoms with van der Waals surface area (Å²) in [4.78, 5) is 32.1. The summed E-state index contributed by atoms with van der Waals surface area (Å²) in [7, 11) is -1.78. The Balaban J connectivity index is 1.52. The van der Waals surface area contributed by atoms with E-state index in [0.29, 0.717) is 29.0 Å². The standard InChI is InChI=1S/C31H32N6O8S/c1-29(40)27(38)36-26-30(19-31(36,41)28(39)35(29)2,20-9-11-21(44-3)12-10-20)24-7-4-5-8-25(24)37(26)46(42,43)23-15-13-22(14-16-23)45-18-6-17-33-34-32/h4-5,7-16,26,40-41H,6,17-19H2,1-3H3/t26-,29?,30-,31+/m0/s1. The van der Waals surface area contributed by atoms with E-state index in [1.54, 1.807) is 48.5 Å². The number of piperazine rings is 1. The predicted molar refractivity (Wildman–Crippen MR) is 164 cm³/mol. The SMILES string of the molecule is COc1ccc([C@]23C[C@@]4(O)C(=O)N(C)C(C)(O)C(=O)N4[C@H]2N(S(=O)(=O)c2ccc(OCCCN=[N+]=[N-])cc2)c2ccccc23)cc1. The molecule has 15 heteroatoms. The van der Waals surface area contributed by atoms with E-state index in [1.807, 2.05) is 0 Å². The van der Waals surface area contributed by atoms with Crippen molar-refractivity contribution in [1.82, 2.24) is 9.80 Å². The molecular weight excluding hydrogens is 616 g/mol. The Morgan fingerprint density at radius 3 is 2.30 bits per heavy atom. The number of likely N-dealkylation sites (N-methyl/N-ethyl adjacent to an activating group) is 1. The molecule has 46 heavy (non-hydrogen) atoms. The number of sulfonamides is 1. The minimum atomic E-state index is -4.50. The summed E-state index contributed by atoms with van der Waals surface area (Å²) in [5, 5.41) is 26.8. The van der Waals surface area contributed by atoms with Crippen molar-refractivity contribution in [3.63, 3.8) is 0 Å². The van der Waals surface area contributed by atoms with Gasteiger partial charge in [0, 0.05) is 24.9 Å². The number of azide groups is 1. The van der Waals surface area contributed by atoms with Gasteiger partial charge < -0.3 is 24.6 Å². The highest BCUT2D eigenvalue weighted by Crippen LogP contribution is 2.62. The van der Waals surface area contributed by atoms with E-state index in [1.165, 1.54) is 38.4 Å². The minimum Gasteiger partial charge on any atom is -0.497 e. The van der Waals surface area contributed by atoms with Crippen LogP contribution in [-0.2, 0) is 25.0 Å². The lowest BCUT2D eigenvalue weighted by Gasteiger charge is -2.50. The summed E-state index contributed by atoms with van der Waals surface area (Å²) in [5.74, 6) is -1.07. The van der Waals surface area contributed by atoms with E-state index in [4.69, 9.17) is 15.0 Å². The molecule has 0 aromatic heterocycles. The molecule has 2 saturated heterocycles.